The van der Waals surface area contributed by atoms with Gasteiger partial charge in [0, 0.05) is 19.5 Å². The molecule has 4 fully saturated rings. The Morgan fingerprint density at radius 3 is 2.38 bits per heavy atom. The van der Waals surface area contributed by atoms with Gasteiger partial charge in [0.15, 0.2) is 0 Å². The van der Waals surface area contributed by atoms with Gasteiger partial charge < -0.3 is 25.0 Å². The summed E-state index contributed by atoms with van der Waals surface area (Å²) in [7, 11) is -3.88. The molecule has 0 spiro atoms. The zero-order valence-corrected chi connectivity index (χ0v) is 34.1. The number of amides is 5. The molecule has 6 aliphatic rings. The minimum Gasteiger partial charge on any atom is -0.449 e. The Bertz CT molecular complexity index is 1840. The molecule has 3 aliphatic heterocycles. The first-order valence-corrected chi connectivity index (χ1v) is 22.3. The van der Waals surface area contributed by atoms with Crippen LogP contribution in [0.15, 0.2) is 18.2 Å². The van der Waals surface area contributed by atoms with E-state index < -0.39 is 74.3 Å². The summed E-state index contributed by atoms with van der Waals surface area (Å²) in [4.78, 5) is 73.5. The average molecular weight is 798 g/mol. The average Bonchev–Trinajstić information content (AvgIpc) is 4.05. The molecule has 3 aliphatic carbocycles. The number of alkyl carbamates (subject to hydrolysis) is 1. The molecular formula is C41H59N5O9S. The summed E-state index contributed by atoms with van der Waals surface area (Å²) in [5.74, 6) is -2.21. The number of hydrogen-bond acceptors (Lipinski definition) is 9. The number of hydrogen-bond donors (Lipinski definition) is 3. The Balaban J connectivity index is 1.19. The van der Waals surface area contributed by atoms with Crippen molar-refractivity contribution >= 4 is 39.9 Å². The van der Waals surface area contributed by atoms with E-state index in [4.69, 9.17) is 9.47 Å². The molecule has 4 bridgehead atoms. The van der Waals surface area contributed by atoms with Gasteiger partial charge in [-0.15, -0.1) is 0 Å². The summed E-state index contributed by atoms with van der Waals surface area (Å²) < 4.78 is 39.7. The molecule has 7 rings (SSSR count). The number of cyclic esters (lactones) is 1. The van der Waals surface area contributed by atoms with Gasteiger partial charge in [0.25, 0.3) is 5.91 Å². The van der Waals surface area contributed by atoms with E-state index in [0.29, 0.717) is 45.2 Å². The van der Waals surface area contributed by atoms with Crippen LogP contribution in [0, 0.1) is 16.7 Å². The van der Waals surface area contributed by atoms with E-state index in [0.717, 1.165) is 56.1 Å². The number of carbonyl (C=O) groups excluding carboxylic acids is 5. The number of carbonyl (C=O) groups is 5. The molecule has 308 valence electrons. The summed E-state index contributed by atoms with van der Waals surface area (Å²) in [6, 6.07) is 3.94. The van der Waals surface area contributed by atoms with Gasteiger partial charge in [-0.05, 0) is 84.8 Å². The SMILES string of the molecule is CC[C@H]1C[C@]1(NC(=O)[C@@H]1C[C@@H]2CN1C(=O)[C@H](C1(C)CCCCC1)NC(=O)OCC(C)(C)CCCCc1cccc3c1CN(C3)C(=O)O2)C(=O)NS(=O)(=O)C1CC1. The number of benzene rings is 1. The van der Waals surface area contributed by atoms with Crippen molar-refractivity contribution in [1.29, 1.82) is 0 Å². The standard InChI is InChI=1S/C41H59N5O9S/c1-5-28-21-41(28,36(49)44-56(52,53)30-15-16-30)43-34(47)32-20-29-23-46(32)35(48)33(40(4)18-8-6-9-19-40)42-37(50)54-25-39(2,3)17-10-7-12-26-13-11-14-27-22-45(24-31(26)27)38(51)55-29/h11,13-14,28-30,32-33H,5-10,12,15-25H2,1-4H3,(H,42,50)(H,43,47)(H,44,49)/t28-,29+,32-,33+,41+/m0/s1. The van der Waals surface area contributed by atoms with Crippen LogP contribution < -0.4 is 15.4 Å². The third kappa shape index (κ3) is 8.38. The second-order valence-corrected chi connectivity index (χ2v) is 20.3. The van der Waals surface area contributed by atoms with Crippen molar-refractivity contribution in [2.45, 2.75) is 160 Å². The molecule has 5 atom stereocenters. The van der Waals surface area contributed by atoms with Crippen LogP contribution in [0.2, 0.25) is 0 Å². The van der Waals surface area contributed by atoms with Crippen LogP contribution in [0.1, 0.15) is 128 Å². The van der Waals surface area contributed by atoms with Gasteiger partial charge >= 0.3 is 12.2 Å². The van der Waals surface area contributed by atoms with Crippen LogP contribution >= 0.6 is 0 Å². The molecule has 3 N–H and O–H groups in total. The molecule has 3 heterocycles. The molecular weight excluding hydrogens is 739 g/mol. The fourth-order valence-corrected chi connectivity index (χ4v) is 10.9. The van der Waals surface area contributed by atoms with Crippen LogP contribution in [0.4, 0.5) is 9.59 Å². The predicted octanol–water partition coefficient (Wildman–Crippen LogP) is 4.82. The van der Waals surface area contributed by atoms with Crippen molar-refractivity contribution in [1.82, 2.24) is 25.2 Å². The smallest absolute Gasteiger partial charge is 0.410 e. The quantitative estimate of drug-likeness (QED) is 0.349. The van der Waals surface area contributed by atoms with E-state index >= 15 is 0 Å². The first-order valence-electron chi connectivity index (χ1n) is 20.7. The van der Waals surface area contributed by atoms with E-state index in [9.17, 15) is 32.4 Å². The van der Waals surface area contributed by atoms with Crippen LogP contribution in [0.5, 0.6) is 0 Å². The number of rotatable bonds is 7. The maximum absolute atomic E-state index is 15.0. The number of aryl methyl sites for hydroxylation is 1. The first kappa shape index (κ1) is 40.3. The normalized spacial score (nSPS) is 30.8. The largest absolute Gasteiger partial charge is 0.449 e. The third-order valence-electron chi connectivity index (χ3n) is 13.3. The maximum Gasteiger partial charge on any atom is 0.410 e. The Morgan fingerprint density at radius 2 is 1.68 bits per heavy atom. The summed E-state index contributed by atoms with van der Waals surface area (Å²) in [6.45, 7) is 8.82. The molecule has 3 saturated carbocycles. The number of fused-ring (bicyclic) bond motifs is 3. The molecule has 1 saturated heterocycles. The lowest BCUT2D eigenvalue weighted by atomic mass is 9.70. The Morgan fingerprint density at radius 1 is 0.964 bits per heavy atom. The Hall–Kier alpha value is -3.88. The minimum atomic E-state index is -3.88. The molecule has 5 amide bonds. The van der Waals surface area contributed by atoms with E-state index in [-0.39, 0.29) is 37.3 Å². The number of nitrogens with one attached hydrogen (secondary N) is 3. The highest BCUT2D eigenvalue weighted by atomic mass is 32.2. The topological polar surface area (TPSA) is 181 Å². The van der Waals surface area contributed by atoms with E-state index in [1.165, 1.54) is 10.5 Å². The van der Waals surface area contributed by atoms with Crippen LogP contribution in [0.3, 0.4) is 0 Å². The lowest BCUT2D eigenvalue weighted by Gasteiger charge is -2.42. The van der Waals surface area contributed by atoms with Crippen molar-refractivity contribution in [3.05, 3.63) is 34.9 Å². The van der Waals surface area contributed by atoms with Gasteiger partial charge in [0.1, 0.15) is 23.7 Å². The number of nitrogens with zero attached hydrogens (tertiary/aromatic N) is 2. The highest BCUT2D eigenvalue weighted by molar-refractivity contribution is 7.91. The Kier molecular flexibility index (Phi) is 11.1. The predicted molar refractivity (Wildman–Crippen MR) is 206 cm³/mol. The maximum atomic E-state index is 15.0. The van der Waals surface area contributed by atoms with Gasteiger partial charge in [-0.3, -0.25) is 24.0 Å². The van der Waals surface area contributed by atoms with Gasteiger partial charge in [0.2, 0.25) is 21.8 Å². The number of ether oxygens (including phenoxy) is 2. The lowest BCUT2D eigenvalue weighted by Crippen LogP contribution is -2.61. The van der Waals surface area contributed by atoms with Crippen molar-refractivity contribution in [3.8, 4) is 0 Å². The van der Waals surface area contributed by atoms with Crippen molar-refractivity contribution < 1.29 is 41.9 Å². The second kappa shape index (κ2) is 15.5. The monoisotopic (exact) mass is 797 g/mol. The molecule has 0 radical (unpaired) electrons. The lowest BCUT2D eigenvalue weighted by molar-refractivity contribution is -0.144. The zero-order valence-electron chi connectivity index (χ0n) is 33.3. The van der Waals surface area contributed by atoms with Crippen LogP contribution in [0.25, 0.3) is 0 Å². The molecule has 15 heteroatoms. The van der Waals surface area contributed by atoms with Crippen molar-refractivity contribution in [2.75, 3.05) is 13.2 Å². The first-order chi connectivity index (χ1) is 26.5. The molecule has 0 aromatic heterocycles. The van der Waals surface area contributed by atoms with Gasteiger partial charge in [-0.2, -0.15) is 0 Å². The minimum absolute atomic E-state index is 0.0354. The zero-order chi connectivity index (χ0) is 40.0. The molecule has 1 aromatic rings. The van der Waals surface area contributed by atoms with Crippen molar-refractivity contribution in [3.63, 3.8) is 0 Å². The summed E-state index contributed by atoms with van der Waals surface area (Å²) in [6.07, 6.45) is 7.20. The summed E-state index contributed by atoms with van der Waals surface area (Å²) >= 11 is 0. The molecule has 0 unspecified atom stereocenters. The molecule has 1 aromatic carbocycles. The molecule has 56 heavy (non-hydrogen) atoms. The van der Waals surface area contributed by atoms with Crippen LogP contribution in [-0.2, 0) is 53.4 Å². The summed E-state index contributed by atoms with van der Waals surface area (Å²) in [5.41, 5.74) is 0.961. The summed E-state index contributed by atoms with van der Waals surface area (Å²) in [5, 5.41) is 5.17. The van der Waals surface area contributed by atoms with E-state index in [2.05, 4.69) is 35.3 Å². The van der Waals surface area contributed by atoms with Gasteiger partial charge in [0.05, 0.1) is 18.4 Å². The van der Waals surface area contributed by atoms with E-state index in [1.54, 1.807) is 4.90 Å². The highest BCUT2D eigenvalue weighted by Gasteiger charge is 2.62. The highest BCUT2D eigenvalue weighted by Crippen LogP contribution is 2.47. The number of sulfonamides is 1. The van der Waals surface area contributed by atoms with E-state index in [1.807, 2.05) is 26.0 Å². The van der Waals surface area contributed by atoms with Crippen molar-refractivity contribution in [2.24, 2.45) is 16.7 Å². The van der Waals surface area contributed by atoms with Gasteiger partial charge in [-0.25, -0.2) is 18.0 Å². The second-order valence-electron chi connectivity index (χ2n) is 18.3. The fraction of sp³-hybridized carbons (Fsp3) is 0.732. The fourth-order valence-electron chi connectivity index (χ4n) is 9.50. The third-order valence-corrected chi connectivity index (χ3v) is 15.2. The Labute approximate surface area is 330 Å². The molecule has 14 nitrogen and oxygen atoms in total. The van der Waals surface area contributed by atoms with Crippen LogP contribution in [-0.4, -0.2) is 90.3 Å². The van der Waals surface area contributed by atoms with Gasteiger partial charge in [-0.1, -0.05) is 78.0 Å².